The molecule has 1 rings (SSSR count). The third-order valence-corrected chi connectivity index (χ3v) is 4.15. The maximum Gasteiger partial charge on any atom is 0.238 e. The highest BCUT2D eigenvalue weighted by molar-refractivity contribution is 7.89. The van der Waals surface area contributed by atoms with Crippen molar-refractivity contribution in [2.24, 2.45) is 5.14 Å². The first-order valence-electron chi connectivity index (χ1n) is 7.13. The van der Waals surface area contributed by atoms with E-state index in [2.05, 4.69) is 6.92 Å². The predicted octanol–water partition coefficient (Wildman–Crippen LogP) is 3.30. The molecule has 114 valence electrons. The Morgan fingerprint density at radius 1 is 1.05 bits per heavy atom. The second kappa shape index (κ2) is 7.64. The first-order valence-corrected chi connectivity index (χ1v) is 8.67. The minimum atomic E-state index is -3.66. The summed E-state index contributed by atoms with van der Waals surface area (Å²) in [4.78, 5) is 0.141. The first-order chi connectivity index (χ1) is 9.36. The molecule has 0 spiro atoms. The van der Waals surface area contributed by atoms with Gasteiger partial charge < -0.3 is 4.74 Å². The van der Waals surface area contributed by atoms with Crippen LogP contribution in [0.1, 0.15) is 50.2 Å². The number of benzene rings is 1. The maximum absolute atomic E-state index is 11.3. The van der Waals surface area contributed by atoms with Crippen molar-refractivity contribution < 1.29 is 13.2 Å². The summed E-state index contributed by atoms with van der Waals surface area (Å²) in [6.07, 6.45) is 5.93. The Hall–Kier alpha value is -1.07. The molecule has 0 amide bonds. The van der Waals surface area contributed by atoms with Gasteiger partial charge in [-0.15, -0.1) is 0 Å². The number of primary sulfonamides is 1. The van der Waals surface area contributed by atoms with Gasteiger partial charge in [0.2, 0.25) is 10.0 Å². The van der Waals surface area contributed by atoms with E-state index in [0.29, 0.717) is 6.61 Å². The minimum absolute atomic E-state index is 0.141. The highest BCUT2D eigenvalue weighted by Crippen LogP contribution is 2.26. The van der Waals surface area contributed by atoms with E-state index in [-0.39, 0.29) is 4.90 Å². The largest absolute Gasteiger partial charge is 0.493 e. The molecule has 0 aliphatic heterocycles. The Kier molecular flexibility index (Phi) is 6.49. The average Bonchev–Trinajstić information content (AvgIpc) is 2.34. The zero-order valence-electron chi connectivity index (χ0n) is 12.6. The molecule has 0 aliphatic carbocycles. The van der Waals surface area contributed by atoms with Crippen molar-refractivity contribution in [1.29, 1.82) is 0 Å². The predicted molar refractivity (Wildman–Crippen MR) is 81.5 cm³/mol. The van der Waals surface area contributed by atoms with Crippen LogP contribution in [0.5, 0.6) is 5.75 Å². The molecule has 0 atom stereocenters. The smallest absolute Gasteiger partial charge is 0.238 e. The van der Waals surface area contributed by atoms with Crippen molar-refractivity contribution in [3.05, 3.63) is 23.3 Å². The number of rotatable bonds is 8. The molecule has 0 radical (unpaired) electrons. The standard InChI is InChI=1S/C15H25NO3S/c1-4-5-6-7-8-9-19-15-12(2)10-14(11-13(15)3)20(16,17)18/h10-11H,4-9H2,1-3H3,(H2,16,17,18). The zero-order chi connectivity index (χ0) is 15.2. The van der Waals surface area contributed by atoms with Gasteiger partial charge in [-0.1, -0.05) is 32.6 Å². The van der Waals surface area contributed by atoms with E-state index in [0.717, 1.165) is 23.3 Å². The van der Waals surface area contributed by atoms with E-state index in [9.17, 15) is 8.42 Å². The molecule has 0 saturated heterocycles. The van der Waals surface area contributed by atoms with Gasteiger partial charge in [0.15, 0.2) is 0 Å². The van der Waals surface area contributed by atoms with Crippen molar-refractivity contribution >= 4 is 10.0 Å². The average molecular weight is 299 g/mol. The summed E-state index contributed by atoms with van der Waals surface area (Å²) < 4.78 is 28.5. The van der Waals surface area contributed by atoms with E-state index >= 15 is 0 Å². The second-order valence-electron chi connectivity index (χ2n) is 5.19. The van der Waals surface area contributed by atoms with Crippen LogP contribution in [0.2, 0.25) is 0 Å². The molecule has 0 heterocycles. The van der Waals surface area contributed by atoms with Crippen LogP contribution in [-0.4, -0.2) is 15.0 Å². The highest BCUT2D eigenvalue weighted by Gasteiger charge is 2.13. The summed E-state index contributed by atoms with van der Waals surface area (Å²) in [5, 5.41) is 5.14. The van der Waals surface area contributed by atoms with E-state index in [1.807, 2.05) is 13.8 Å². The van der Waals surface area contributed by atoms with Gasteiger partial charge in [0.1, 0.15) is 5.75 Å². The van der Waals surface area contributed by atoms with Gasteiger partial charge in [-0.3, -0.25) is 0 Å². The molecule has 0 fully saturated rings. The van der Waals surface area contributed by atoms with Gasteiger partial charge >= 0.3 is 0 Å². The fourth-order valence-electron chi connectivity index (χ4n) is 2.18. The number of ether oxygens (including phenoxy) is 1. The molecule has 20 heavy (non-hydrogen) atoms. The van der Waals surface area contributed by atoms with E-state index in [1.54, 1.807) is 12.1 Å². The molecule has 0 bridgehead atoms. The summed E-state index contributed by atoms with van der Waals surface area (Å²) in [5.41, 5.74) is 1.62. The van der Waals surface area contributed by atoms with E-state index in [4.69, 9.17) is 9.88 Å². The monoisotopic (exact) mass is 299 g/mol. The van der Waals surface area contributed by atoms with Gasteiger partial charge in [-0.05, 0) is 43.5 Å². The van der Waals surface area contributed by atoms with E-state index < -0.39 is 10.0 Å². The highest BCUT2D eigenvalue weighted by atomic mass is 32.2. The summed E-state index contributed by atoms with van der Waals surface area (Å²) in [6.45, 7) is 6.54. The SMILES string of the molecule is CCCCCCCOc1c(C)cc(S(N)(=O)=O)cc1C. The summed E-state index contributed by atoms with van der Waals surface area (Å²) in [7, 11) is -3.66. The van der Waals surface area contributed by atoms with Crippen LogP contribution < -0.4 is 9.88 Å². The van der Waals surface area contributed by atoms with Gasteiger partial charge in [0.05, 0.1) is 11.5 Å². The molecule has 4 nitrogen and oxygen atoms in total. The fraction of sp³-hybridized carbons (Fsp3) is 0.600. The molecular formula is C15H25NO3S. The van der Waals surface area contributed by atoms with Gasteiger partial charge in [-0.2, -0.15) is 0 Å². The lowest BCUT2D eigenvalue weighted by Gasteiger charge is -2.13. The quantitative estimate of drug-likeness (QED) is 0.749. The number of aryl methyl sites for hydroxylation is 2. The Morgan fingerprint density at radius 3 is 2.10 bits per heavy atom. The fourth-order valence-corrected chi connectivity index (χ4v) is 2.86. The molecule has 1 aromatic carbocycles. The summed E-state index contributed by atoms with van der Waals surface area (Å²) in [6, 6.07) is 3.13. The summed E-state index contributed by atoms with van der Waals surface area (Å²) in [5.74, 6) is 0.771. The van der Waals surface area contributed by atoms with Crippen molar-refractivity contribution in [2.45, 2.75) is 57.8 Å². The van der Waals surface area contributed by atoms with Crippen molar-refractivity contribution in [3.63, 3.8) is 0 Å². The van der Waals surface area contributed by atoms with E-state index in [1.165, 1.54) is 25.7 Å². The Balaban J connectivity index is 2.63. The Labute approximate surface area is 122 Å². The van der Waals surface area contributed by atoms with Crippen LogP contribution in [0.15, 0.2) is 17.0 Å². The third-order valence-electron chi connectivity index (χ3n) is 3.26. The lowest BCUT2D eigenvalue weighted by Crippen LogP contribution is -2.13. The number of nitrogens with two attached hydrogens (primary N) is 1. The van der Waals surface area contributed by atoms with Gasteiger partial charge in [0.25, 0.3) is 0 Å². The molecular weight excluding hydrogens is 274 g/mol. The first kappa shape index (κ1) is 17.0. The number of sulfonamides is 1. The molecule has 0 aliphatic rings. The maximum atomic E-state index is 11.3. The topological polar surface area (TPSA) is 69.4 Å². The lowest BCUT2D eigenvalue weighted by molar-refractivity contribution is 0.300. The third kappa shape index (κ3) is 5.13. The number of hydrogen-bond acceptors (Lipinski definition) is 3. The molecule has 0 aromatic heterocycles. The lowest BCUT2D eigenvalue weighted by atomic mass is 10.1. The zero-order valence-corrected chi connectivity index (χ0v) is 13.4. The molecule has 0 saturated carbocycles. The number of hydrogen-bond donors (Lipinski definition) is 1. The second-order valence-corrected chi connectivity index (χ2v) is 6.76. The molecule has 1 aromatic rings. The van der Waals surface area contributed by atoms with Crippen LogP contribution in [0.4, 0.5) is 0 Å². The van der Waals surface area contributed by atoms with Crippen LogP contribution in [0, 0.1) is 13.8 Å². The molecule has 0 unspecified atom stereocenters. The summed E-state index contributed by atoms with van der Waals surface area (Å²) >= 11 is 0. The van der Waals surface area contributed by atoms with Gasteiger partial charge in [0, 0.05) is 0 Å². The van der Waals surface area contributed by atoms with Gasteiger partial charge in [-0.25, -0.2) is 13.6 Å². The van der Waals surface area contributed by atoms with Crippen molar-refractivity contribution in [2.75, 3.05) is 6.61 Å². The van der Waals surface area contributed by atoms with Crippen molar-refractivity contribution in [3.8, 4) is 5.75 Å². The normalized spacial score (nSPS) is 11.6. The minimum Gasteiger partial charge on any atom is -0.493 e. The molecule has 5 heteroatoms. The van der Waals surface area contributed by atoms with Crippen LogP contribution in [0.25, 0.3) is 0 Å². The number of unbranched alkanes of at least 4 members (excludes halogenated alkanes) is 4. The molecule has 2 N–H and O–H groups in total. The van der Waals surface area contributed by atoms with Crippen LogP contribution in [0.3, 0.4) is 0 Å². The van der Waals surface area contributed by atoms with Crippen LogP contribution >= 0.6 is 0 Å². The Morgan fingerprint density at radius 2 is 1.60 bits per heavy atom. The Bertz CT molecular complexity index is 515. The van der Waals surface area contributed by atoms with Crippen molar-refractivity contribution in [1.82, 2.24) is 0 Å². The van der Waals surface area contributed by atoms with Crippen LogP contribution in [-0.2, 0) is 10.0 Å².